The summed E-state index contributed by atoms with van der Waals surface area (Å²) >= 11 is 5.49. The lowest BCUT2D eigenvalue weighted by molar-refractivity contribution is 0.786. The number of pyridine rings is 2. The fourth-order valence-electron chi connectivity index (χ4n) is 5.50. The lowest BCUT2D eigenvalue weighted by atomic mass is 9.71. The van der Waals surface area contributed by atoms with Crippen molar-refractivity contribution in [1.82, 2.24) is 9.97 Å². The maximum Gasteiger partial charge on any atom is 0.0937 e. The fraction of sp³-hybridized carbons (Fsp3) is 0.0667. The average Bonchev–Trinajstić information content (AvgIpc) is 3.33. The van der Waals surface area contributed by atoms with Gasteiger partial charge in [-0.25, -0.2) is 0 Å². The van der Waals surface area contributed by atoms with Crippen LogP contribution in [0.1, 0.15) is 29.7 Å². The van der Waals surface area contributed by atoms with Gasteiger partial charge in [-0.2, -0.15) is 0 Å². The molecule has 0 radical (unpaired) electrons. The largest absolute Gasteiger partial charge is 0.254 e. The fourth-order valence-corrected chi connectivity index (χ4v) is 6.90. The lowest BCUT2D eigenvalue weighted by Gasteiger charge is -2.30. The van der Waals surface area contributed by atoms with Gasteiger partial charge in [0.25, 0.3) is 0 Å². The van der Waals surface area contributed by atoms with Crippen LogP contribution in [0.15, 0.2) is 118 Å². The van der Waals surface area contributed by atoms with Gasteiger partial charge < -0.3 is 0 Å². The van der Waals surface area contributed by atoms with E-state index < -0.39 is 5.41 Å². The highest BCUT2D eigenvalue weighted by Gasteiger charge is 2.52. The molecule has 4 heteroatoms. The van der Waals surface area contributed by atoms with Crippen molar-refractivity contribution in [1.29, 1.82) is 0 Å². The second-order valence-corrected chi connectivity index (χ2v) is 10.3. The second-order valence-electron chi connectivity index (χ2n) is 8.33. The van der Waals surface area contributed by atoms with E-state index in [-0.39, 0.29) is 7.43 Å². The Kier molecular flexibility index (Phi) is 4.98. The molecule has 0 atom stereocenters. The zero-order chi connectivity index (χ0) is 22.0. The Hall–Kier alpha value is -3.21. The molecule has 164 valence electrons. The van der Waals surface area contributed by atoms with Gasteiger partial charge in [-0.05, 0) is 85.7 Å². The first kappa shape index (κ1) is 21.3. The molecule has 0 amide bonds. The number of hydrogen-bond donors (Lipinski definition) is 0. The zero-order valence-corrected chi connectivity index (χ0v) is 19.9. The highest BCUT2D eigenvalue weighted by Crippen LogP contribution is 2.62. The van der Waals surface area contributed by atoms with Crippen LogP contribution in [0.4, 0.5) is 0 Å². The average molecular weight is 521 g/mol. The Morgan fingerprint density at radius 3 is 1.97 bits per heavy atom. The number of halogens is 1. The Labute approximate surface area is 212 Å². The molecule has 0 unspecified atom stereocenters. The summed E-state index contributed by atoms with van der Waals surface area (Å²) < 4.78 is 1.11. The Morgan fingerprint density at radius 2 is 1.24 bits per heavy atom. The van der Waals surface area contributed by atoms with Crippen molar-refractivity contribution in [3.8, 4) is 22.5 Å². The summed E-state index contributed by atoms with van der Waals surface area (Å²) in [6, 6.07) is 32.6. The molecule has 0 saturated heterocycles. The van der Waals surface area contributed by atoms with E-state index in [1.807, 2.05) is 24.5 Å². The minimum atomic E-state index is -0.399. The van der Waals surface area contributed by atoms with Gasteiger partial charge >= 0.3 is 0 Å². The van der Waals surface area contributed by atoms with E-state index in [2.05, 4.69) is 94.8 Å². The predicted octanol–water partition coefficient (Wildman–Crippen LogP) is 8.37. The quantitative estimate of drug-likeness (QED) is 0.229. The number of aromatic nitrogens is 2. The van der Waals surface area contributed by atoms with Gasteiger partial charge in [0.1, 0.15) is 0 Å². The third-order valence-electron chi connectivity index (χ3n) is 6.73. The zero-order valence-electron chi connectivity index (χ0n) is 17.5. The third-order valence-corrected chi connectivity index (χ3v) is 8.75. The summed E-state index contributed by atoms with van der Waals surface area (Å²) in [5.41, 5.74) is 9.19. The summed E-state index contributed by atoms with van der Waals surface area (Å²) in [6.45, 7) is 0. The van der Waals surface area contributed by atoms with Gasteiger partial charge in [0.2, 0.25) is 0 Å². The molecule has 34 heavy (non-hydrogen) atoms. The van der Waals surface area contributed by atoms with Crippen LogP contribution in [0.3, 0.4) is 0 Å². The van der Waals surface area contributed by atoms with E-state index in [0.717, 1.165) is 15.9 Å². The highest BCUT2D eigenvalue weighted by atomic mass is 79.9. The number of rotatable bonds is 2. The summed E-state index contributed by atoms with van der Waals surface area (Å²) in [7, 11) is 0. The molecular formula is C30H21BrN2S. The van der Waals surface area contributed by atoms with E-state index in [1.54, 1.807) is 11.8 Å². The predicted molar refractivity (Wildman–Crippen MR) is 143 cm³/mol. The monoisotopic (exact) mass is 520 g/mol. The SMILES string of the molecule is Brc1ccccc1Sc1ccc2c(c1)C1(c3ccccc3-2)c2cccnc2-c2ncccc21.C. The van der Waals surface area contributed by atoms with Gasteiger partial charge in [-0.1, -0.05) is 73.8 Å². The van der Waals surface area contributed by atoms with Crippen LogP contribution in [0, 0.1) is 0 Å². The smallest absolute Gasteiger partial charge is 0.0937 e. The maximum atomic E-state index is 4.79. The van der Waals surface area contributed by atoms with E-state index in [4.69, 9.17) is 9.97 Å². The van der Waals surface area contributed by atoms with Crippen molar-refractivity contribution >= 4 is 27.7 Å². The van der Waals surface area contributed by atoms with Crippen LogP contribution in [0.2, 0.25) is 0 Å². The number of benzene rings is 3. The number of hydrogen-bond acceptors (Lipinski definition) is 3. The van der Waals surface area contributed by atoms with E-state index in [9.17, 15) is 0 Å². The van der Waals surface area contributed by atoms with Crippen LogP contribution in [0.25, 0.3) is 22.5 Å². The normalized spacial score (nSPS) is 13.6. The molecule has 5 aromatic rings. The molecule has 0 aliphatic heterocycles. The Bertz CT molecular complexity index is 1510. The van der Waals surface area contributed by atoms with Gasteiger partial charge in [0, 0.05) is 26.7 Å². The van der Waals surface area contributed by atoms with Gasteiger partial charge in [-0.3, -0.25) is 9.97 Å². The first-order valence-electron chi connectivity index (χ1n) is 10.9. The van der Waals surface area contributed by atoms with Crippen molar-refractivity contribution in [3.05, 3.63) is 130 Å². The molecule has 0 bridgehead atoms. The first-order chi connectivity index (χ1) is 16.3. The topological polar surface area (TPSA) is 25.8 Å². The van der Waals surface area contributed by atoms with Crippen LogP contribution in [0.5, 0.6) is 0 Å². The van der Waals surface area contributed by atoms with Gasteiger partial charge in [0.05, 0.1) is 16.8 Å². The van der Waals surface area contributed by atoms with Crippen molar-refractivity contribution in [3.63, 3.8) is 0 Å². The van der Waals surface area contributed by atoms with Crippen molar-refractivity contribution in [2.75, 3.05) is 0 Å². The minimum Gasteiger partial charge on any atom is -0.254 e. The molecule has 2 nitrogen and oxygen atoms in total. The summed E-state index contributed by atoms with van der Waals surface area (Å²) in [5, 5.41) is 0. The first-order valence-corrected chi connectivity index (χ1v) is 12.5. The van der Waals surface area contributed by atoms with Crippen molar-refractivity contribution in [2.45, 2.75) is 22.6 Å². The van der Waals surface area contributed by atoms with Gasteiger partial charge in [-0.15, -0.1) is 0 Å². The second kappa shape index (κ2) is 7.93. The summed E-state index contributed by atoms with van der Waals surface area (Å²) in [4.78, 5) is 12.0. The standard InChI is InChI=1S/C29H17BrN2S.CH4/c30-25-11-3-4-12-26(25)33-18-13-14-20-19-7-1-2-8-21(19)29(24(20)17-18)22-9-5-15-31-27(22)28-23(29)10-6-16-32-28;/h1-17H;1H4. The molecule has 2 heterocycles. The van der Waals surface area contributed by atoms with E-state index in [1.165, 1.54) is 43.2 Å². The van der Waals surface area contributed by atoms with Crippen LogP contribution in [-0.2, 0) is 5.41 Å². The van der Waals surface area contributed by atoms with Crippen LogP contribution in [-0.4, -0.2) is 9.97 Å². The number of fused-ring (bicyclic) bond motifs is 10. The molecule has 7 rings (SSSR count). The summed E-state index contributed by atoms with van der Waals surface area (Å²) in [5.74, 6) is 0. The third kappa shape index (κ3) is 2.76. The molecular weight excluding hydrogens is 500 g/mol. The minimum absolute atomic E-state index is 0. The molecule has 0 N–H and O–H groups in total. The van der Waals surface area contributed by atoms with E-state index >= 15 is 0 Å². The van der Waals surface area contributed by atoms with Gasteiger partial charge in [0.15, 0.2) is 0 Å². The van der Waals surface area contributed by atoms with Crippen LogP contribution >= 0.6 is 27.7 Å². The lowest BCUT2D eigenvalue weighted by Crippen LogP contribution is -2.26. The van der Waals surface area contributed by atoms with Crippen molar-refractivity contribution < 1.29 is 0 Å². The highest BCUT2D eigenvalue weighted by molar-refractivity contribution is 9.10. The molecule has 2 aliphatic carbocycles. The molecule has 0 fully saturated rings. The Balaban J connectivity index is 0.00000217. The summed E-state index contributed by atoms with van der Waals surface area (Å²) in [6.07, 6.45) is 3.74. The molecule has 2 aliphatic rings. The molecule has 1 spiro atoms. The number of nitrogens with zero attached hydrogens (tertiary/aromatic N) is 2. The van der Waals surface area contributed by atoms with Crippen LogP contribution < -0.4 is 0 Å². The van der Waals surface area contributed by atoms with E-state index in [0.29, 0.717) is 0 Å². The maximum absolute atomic E-state index is 4.79. The van der Waals surface area contributed by atoms with Crippen molar-refractivity contribution in [2.24, 2.45) is 0 Å². The molecule has 0 saturated carbocycles. The Morgan fingerprint density at radius 1 is 0.618 bits per heavy atom. The molecule has 2 aromatic heterocycles. The molecule has 3 aromatic carbocycles.